The van der Waals surface area contributed by atoms with Crippen LogP contribution in [0.15, 0.2) is 22.7 Å². The number of benzene rings is 1. The van der Waals surface area contributed by atoms with Crippen molar-refractivity contribution < 1.29 is 8.78 Å². The minimum absolute atomic E-state index is 0.105. The van der Waals surface area contributed by atoms with Gasteiger partial charge < -0.3 is 5.73 Å². The summed E-state index contributed by atoms with van der Waals surface area (Å²) in [4.78, 5) is 7.98. The van der Waals surface area contributed by atoms with Crippen LogP contribution in [0.4, 0.5) is 14.6 Å². The molecule has 2 rings (SSSR count). The van der Waals surface area contributed by atoms with E-state index in [4.69, 9.17) is 5.73 Å². The molecule has 0 bridgehead atoms. The Balaban J connectivity index is 2.64. The average molecular weight is 300 g/mol. The highest BCUT2D eigenvalue weighted by atomic mass is 79.9. The Labute approximate surface area is 105 Å². The van der Waals surface area contributed by atoms with E-state index in [1.807, 2.05) is 0 Å². The van der Waals surface area contributed by atoms with Crippen LogP contribution < -0.4 is 5.73 Å². The van der Waals surface area contributed by atoms with Crippen LogP contribution in [-0.4, -0.2) is 9.97 Å². The van der Waals surface area contributed by atoms with Gasteiger partial charge in [0.2, 0.25) is 0 Å². The SMILES string of the molecule is Cc1cc(N)nc(-c2cc(Br)c(F)cc2F)n1. The van der Waals surface area contributed by atoms with E-state index < -0.39 is 11.6 Å². The molecular formula is C11H8BrF2N3. The minimum Gasteiger partial charge on any atom is -0.384 e. The van der Waals surface area contributed by atoms with E-state index >= 15 is 0 Å². The van der Waals surface area contributed by atoms with Crippen LogP contribution in [0.5, 0.6) is 0 Å². The fourth-order valence-electron chi connectivity index (χ4n) is 1.41. The van der Waals surface area contributed by atoms with E-state index in [2.05, 4.69) is 25.9 Å². The first-order valence-corrected chi connectivity index (χ1v) is 5.53. The molecule has 1 heterocycles. The minimum atomic E-state index is -0.726. The predicted octanol–water partition coefficient (Wildman–Crippen LogP) is 3.07. The second kappa shape index (κ2) is 4.37. The third kappa shape index (κ3) is 2.41. The number of nitrogen functional groups attached to an aromatic ring is 1. The van der Waals surface area contributed by atoms with Crippen LogP contribution in [0, 0.1) is 18.6 Å². The number of aryl methyl sites for hydroxylation is 1. The number of hydrogen-bond donors (Lipinski definition) is 1. The van der Waals surface area contributed by atoms with Crippen molar-refractivity contribution in [3.8, 4) is 11.4 Å². The van der Waals surface area contributed by atoms with E-state index in [9.17, 15) is 8.78 Å². The molecule has 1 aromatic heterocycles. The Bertz CT molecular complexity index is 567. The molecule has 6 heteroatoms. The van der Waals surface area contributed by atoms with Gasteiger partial charge in [0.25, 0.3) is 0 Å². The topological polar surface area (TPSA) is 51.8 Å². The van der Waals surface area contributed by atoms with Crippen LogP contribution in [0.25, 0.3) is 11.4 Å². The Hall–Kier alpha value is -1.56. The molecule has 2 N–H and O–H groups in total. The Morgan fingerprint density at radius 3 is 2.47 bits per heavy atom. The van der Waals surface area contributed by atoms with Crippen molar-refractivity contribution >= 4 is 21.7 Å². The quantitative estimate of drug-likeness (QED) is 0.823. The number of hydrogen-bond acceptors (Lipinski definition) is 3. The summed E-state index contributed by atoms with van der Waals surface area (Å²) in [5.74, 6) is -1.02. The molecule has 17 heavy (non-hydrogen) atoms. The lowest BCUT2D eigenvalue weighted by Crippen LogP contribution is -1.99. The summed E-state index contributed by atoms with van der Waals surface area (Å²) in [6.45, 7) is 1.72. The summed E-state index contributed by atoms with van der Waals surface area (Å²) in [6, 6.07) is 3.64. The van der Waals surface area contributed by atoms with Crippen molar-refractivity contribution in [3.63, 3.8) is 0 Å². The Morgan fingerprint density at radius 1 is 1.12 bits per heavy atom. The number of aromatic nitrogens is 2. The molecule has 2 aromatic rings. The highest BCUT2D eigenvalue weighted by Crippen LogP contribution is 2.26. The Morgan fingerprint density at radius 2 is 1.82 bits per heavy atom. The van der Waals surface area contributed by atoms with E-state index in [-0.39, 0.29) is 21.7 Å². The Kier molecular flexibility index (Phi) is 3.06. The van der Waals surface area contributed by atoms with Crippen molar-refractivity contribution in [3.05, 3.63) is 40.0 Å². The zero-order valence-electron chi connectivity index (χ0n) is 8.84. The molecule has 88 valence electrons. The first-order chi connectivity index (χ1) is 7.97. The van der Waals surface area contributed by atoms with Gasteiger partial charge in [-0.1, -0.05) is 0 Å². The normalized spacial score (nSPS) is 10.6. The van der Waals surface area contributed by atoms with Crippen molar-refractivity contribution in [2.24, 2.45) is 0 Å². The third-order valence-electron chi connectivity index (χ3n) is 2.12. The maximum absolute atomic E-state index is 13.6. The summed E-state index contributed by atoms with van der Waals surface area (Å²) in [7, 11) is 0. The third-order valence-corrected chi connectivity index (χ3v) is 2.73. The average Bonchev–Trinajstić information content (AvgIpc) is 2.22. The summed E-state index contributed by atoms with van der Waals surface area (Å²) in [5.41, 5.74) is 6.28. The van der Waals surface area contributed by atoms with Gasteiger partial charge in [-0.2, -0.15) is 0 Å². The highest BCUT2D eigenvalue weighted by molar-refractivity contribution is 9.10. The molecular weight excluding hydrogens is 292 g/mol. The van der Waals surface area contributed by atoms with Gasteiger partial charge in [0.1, 0.15) is 17.5 Å². The fraction of sp³-hybridized carbons (Fsp3) is 0.0909. The number of rotatable bonds is 1. The van der Waals surface area contributed by atoms with Crippen molar-refractivity contribution in [1.29, 1.82) is 0 Å². The highest BCUT2D eigenvalue weighted by Gasteiger charge is 2.13. The van der Waals surface area contributed by atoms with Crippen LogP contribution in [0.3, 0.4) is 0 Å². The van der Waals surface area contributed by atoms with Crippen LogP contribution >= 0.6 is 15.9 Å². The molecule has 0 amide bonds. The zero-order chi connectivity index (χ0) is 12.6. The number of nitrogens with two attached hydrogens (primary N) is 1. The molecule has 0 fully saturated rings. The molecule has 0 aliphatic carbocycles. The van der Waals surface area contributed by atoms with E-state index in [0.29, 0.717) is 5.69 Å². The summed E-state index contributed by atoms with van der Waals surface area (Å²) in [6.07, 6.45) is 0. The molecule has 0 aliphatic heterocycles. The second-order valence-electron chi connectivity index (χ2n) is 3.50. The smallest absolute Gasteiger partial charge is 0.164 e. The van der Waals surface area contributed by atoms with Gasteiger partial charge in [0, 0.05) is 17.8 Å². The van der Waals surface area contributed by atoms with Gasteiger partial charge in [0.15, 0.2) is 5.82 Å². The zero-order valence-corrected chi connectivity index (χ0v) is 10.4. The lowest BCUT2D eigenvalue weighted by atomic mass is 10.2. The lowest BCUT2D eigenvalue weighted by molar-refractivity contribution is 0.580. The van der Waals surface area contributed by atoms with Crippen molar-refractivity contribution in [1.82, 2.24) is 9.97 Å². The van der Waals surface area contributed by atoms with E-state index in [1.54, 1.807) is 13.0 Å². The predicted molar refractivity (Wildman–Crippen MR) is 64.2 cm³/mol. The molecule has 0 radical (unpaired) electrons. The van der Waals surface area contributed by atoms with Crippen LogP contribution in [0.2, 0.25) is 0 Å². The fourth-order valence-corrected chi connectivity index (χ4v) is 1.75. The molecule has 3 nitrogen and oxygen atoms in total. The monoisotopic (exact) mass is 299 g/mol. The van der Waals surface area contributed by atoms with Crippen LogP contribution in [-0.2, 0) is 0 Å². The second-order valence-corrected chi connectivity index (χ2v) is 4.36. The maximum Gasteiger partial charge on any atom is 0.164 e. The van der Waals surface area contributed by atoms with Gasteiger partial charge in [0.05, 0.1) is 10.0 Å². The molecule has 0 saturated carbocycles. The standard InChI is InChI=1S/C11H8BrF2N3/c1-5-2-10(15)17-11(16-5)6-3-7(12)9(14)4-8(6)13/h2-4H,1H3,(H2,15,16,17). The van der Waals surface area contributed by atoms with E-state index in [1.165, 1.54) is 6.07 Å². The first kappa shape index (κ1) is 11.9. The first-order valence-electron chi connectivity index (χ1n) is 4.73. The number of nitrogens with zero attached hydrogens (tertiary/aromatic N) is 2. The summed E-state index contributed by atoms with van der Waals surface area (Å²) < 4.78 is 26.8. The number of anilines is 1. The van der Waals surface area contributed by atoms with Crippen molar-refractivity contribution in [2.45, 2.75) is 6.92 Å². The van der Waals surface area contributed by atoms with Gasteiger partial charge in [-0.3, -0.25) is 0 Å². The molecule has 1 aromatic carbocycles. The molecule has 0 unspecified atom stereocenters. The maximum atomic E-state index is 13.6. The largest absolute Gasteiger partial charge is 0.384 e. The molecule has 0 atom stereocenters. The molecule has 0 spiro atoms. The van der Waals surface area contributed by atoms with Gasteiger partial charge in [-0.05, 0) is 28.9 Å². The summed E-state index contributed by atoms with van der Waals surface area (Å²) >= 11 is 2.99. The lowest BCUT2D eigenvalue weighted by Gasteiger charge is -2.05. The summed E-state index contributed by atoms with van der Waals surface area (Å²) in [5, 5.41) is 0. The number of halogens is 3. The van der Waals surface area contributed by atoms with Crippen LogP contribution in [0.1, 0.15) is 5.69 Å². The van der Waals surface area contributed by atoms with Gasteiger partial charge >= 0.3 is 0 Å². The van der Waals surface area contributed by atoms with Crippen molar-refractivity contribution in [2.75, 3.05) is 5.73 Å². The van der Waals surface area contributed by atoms with E-state index in [0.717, 1.165) is 6.07 Å². The molecule has 0 aliphatic rings. The van der Waals surface area contributed by atoms with Gasteiger partial charge in [-0.15, -0.1) is 0 Å². The van der Waals surface area contributed by atoms with Gasteiger partial charge in [-0.25, -0.2) is 18.7 Å². The molecule has 0 saturated heterocycles.